The molecule has 4 aliphatic rings. The monoisotopic (exact) mass is 988 g/mol. The second-order valence-electron chi connectivity index (χ2n) is 19.6. The fraction of sp³-hybridized carbons (Fsp3) is 0.407. The van der Waals surface area contributed by atoms with Gasteiger partial charge in [-0.2, -0.15) is 15.5 Å². The summed E-state index contributed by atoms with van der Waals surface area (Å²) in [4.78, 5) is 81.6. The van der Waals surface area contributed by atoms with Crippen molar-refractivity contribution in [1.29, 1.82) is 5.26 Å². The summed E-state index contributed by atoms with van der Waals surface area (Å²) >= 11 is 0. The van der Waals surface area contributed by atoms with Crippen molar-refractivity contribution >= 4 is 34.2 Å². The van der Waals surface area contributed by atoms with Crippen molar-refractivity contribution in [2.75, 3.05) is 77.0 Å². The molecule has 3 amide bonds. The van der Waals surface area contributed by atoms with Crippen LogP contribution < -0.4 is 26.1 Å². The number of nitrogens with one attached hydrogen (secondary N) is 1. The predicted octanol–water partition coefficient (Wildman–Crippen LogP) is 4.57. The highest BCUT2D eigenvalue weighted by Gasteiger charge is 2.32. The number of hydrogen-bond acceptors (Lipinski definition) is 14. The maximum absolute atomic E-state index is 15.7. The van der Waals surface area contributed by atoms with E-state index in [0.717, 1.165) is 79.8 Å². The minimum atomic E-state index is -0.920. The first kappa shape index (κ1) is 48.9. The number of ether oxygens (including phenoxy) is 1. The van der Waals surface area contributed by atoms with E-state index < -0.39 is 23.3 Å². The number of likely N-dealkylation sites (tertiary alicyclic amines) is 2. The molecule has 3 aromatic heterocycles. The Kier molecular flexibility index (Phi) is 14.5. The number of imide groups is 1. The third-order valence-corrected chi connectivity index (χ3v) is 14.7. The molecule has 4 aliphatic heterocycles. The summed E-state index contributed by atoms with van der Waals surface area (Å²) in [6, 6.07) is 22.1. The predicted molar refractivity (Wildman–Crippen MR) is 270 cm³/mol. The second-order valence-corrected chi connectivity index (χ2v) is 19.6. The Balaban J connectivity index is 0.633. The van der Waals surface area contributed by atoms with Crippen molar-refractivity contribution in [3.63, 3.8) is 0 Å². The van der Waals surface area contributed by atoms with Crippen molar-refractivity contribution in [3.05, 3.63) is 129 Å². The van der Waals surface area contributed by atoms with E-state index in [4.69, 9.17) is 4.74 Å². The van der Waals surface area contributed by atoms with Gasteiger partial charge in [-0.25, -0.2) is 23.7 Å². The van der Waals surface area contributed by atoms with Gasteiger partial charge in [0.15, 0.2) is 11.6 Å². The topological polar surface area (TPSA) is 205 Å². The first-order valence-electron chi connectivity index (χ1n) is 25.1. The van der Waals surface area contributed by atoms with Crippen molar-refractivity contribution in [2.45, 2.75) is 58.0 Å². The lowest BCUT2D eigenvalue weighted by atomic mass is 9.95. The molecule has 7 heterocycles. The minimum Gasteiger partial charge on any atom is -0.490 e. The van der Waals surface area contributed by atoms with E-state index in [2.05, 4.69) is 41.4 Å². The van der Waals surface area contributed by atoms with E-state index in [1.165, 1.54) is 16.8 Å². The quantitative estimate of drug-likeness (QED) is 0.158. The van der Waals surface area contributed by atoms with Crippen LogP contribution in [0.25, 0.3) is 33.4 Å². The van der Waals surface area contributed by atoms with Gasteiger partial charge in [-0.05, 0) is 106 Å². The van der Waals surface area contributed by atoms with Gasteiger partial charge in [0.2, 0.25) is 11.8 Å². The summed E-state index contributed by atoms with van der Waals surface area (Å²) in [5, 5.41) is 21.3. The van der Waals surface area contributed by atoms with Crippen molar-refractivity contribution in [2.24, 2.45) is 11.8 Å². The number of nitriles is 1. The molecule has 73 heavy (non-hydrogen) atoms. The molecule has 1 unspecified atom stereocenters. The van der Waals surface area contributed by atoms with Gasteiger partial charge in [0.1, 0.15) is 11.9 Å². The molecule has 0 aliphatic carbocycles. The maximum Gasteiger partial charge on any atom is 0.275 e. The maximum atomic E-state index is 15.7. The highest BCUT2D eigenvalue weighted by molar-refractivity contribution is 5.99. The first-order chi connectivity index (χ1) is 35.4. The van der Waals surface area contributed by atoms with Crippen LogP contribution >= 0.6 is 0 Å². The number of piperidine rings is 3. The Hall–Kier alpha value is -7.69. The molecule has 0 spiro atoms. The van der Waals surface area contributed by atoms with Crippen LogP contribution in [0.5, 0.6) is 5.75 Å². The number of fused-ring (bicyclic) bond motifs is 1. The molecule has 1 atom stereocenters. The molecule has 3 aromatic carbocycles. The number of rotatable bonds is 13. The van der Waals surface area contributed by atoms with Gasteiger partial charge in [0.25, 0.3) is 17.0 Å². The number of piperazine rings is 1. The Labute approximate surface area is 421 Å². The third kappa shape index (κ3) is 11.2. The number of carbonyl (C=O) groups is 3. The van der Waals surface area contributed by atoms with Crippen LogP contribution in [0, 0.1) is 35.9 Å². The van der Waals surface area contributed by atoms with Gasteiger partial charge < -0.3 is 14.5 Å². The van der Waals surface area contributed by atoms with Crippen LogP contribution in [-0.2, 0) is 20.9 Å². The number of benzene rings is 3. The van der Waals surface area contributed by atoms with Gasteiger partial charge in [-0.3, -0.25) is 39.1 Å². The summed E-state index contributed by atoms with van der Waals surface area (Å²) < 4.78 is 24.3. The minimum absolute atomic E-state index is 0.104. The molecule has 1 N–H and O–H groups in total. The molecule has 19 heteroatoms. The van der Waals surface area contributed by atoms with Crippen LogP contribution in [0.3, 0.4) is 0 Å². The smallest absolute Gasteiger partial charge is 0.275 e. The molecule has 10 rings (SSSR count). The number of anilines is 1. The number of nitrogens with zero attached hydrogens (tertiary/aromatic N) is 11. The SMILES string of the molecule is Cc1nn(C2CCC(=O)NC2=O)c(=O)c2cc(F)c(N3CCN(CC4CCN(CC(=O)N5CCC(COc6cnc(-c7cccc(Cn8nc(-c9cccc(C#N)c9)ccc8=O)c7)nc6)CC5)CC4)CC3)cc12. The number of aryl methyl sites for hydroxylation is 1. The van der Waals surface area contributed by atoms with Crippen LogP contribution in [0.4, 0.5) is 10.1 Å². The van der Waals surface area contributed by atoms with E-state index >= 15 is 4.39 Å². The van der Waals surface area contributed by atoms with E-state index in [0.29, 0.717) is 90.8 Å². The Morgan fingerprint density at radius 3 is 2.29 bits per heavy atom. The normalized spacial score (nSPS) is 18.5. The molecular formula is C54H57FN12O6. The number of hydrogen-bond donors (Lipinski definition) is 1. The molecule has 0 saturated carbocycles. The lowest BCUT2D eigenvalue weighted by Gasteiger charge is -2.40. The lowest BCUT2D eigenvalue weighted by molar-refractivity contribution is -0.136. The molecular weight excluding hydrogens is 932 g/mol. The summed E-state index contributed by atoms with van der Waals surface area (Å²) in [5.41, 5.74) is 3.67. The van der Waals surface area contributed by atoms with E-state index in [-0.39, 0.29) is 42.1 Å². The van der Waals surface area contributed by atoms with Gasteiger partial charge in [0.05, 0.1) is 66.2 Å². The van der Waals surface area contributed by atoms with E-state index in [9.17, 15) is 29.2 Å². The van der Waals surface area contributed by atoms with Crippen molar-refractivity contribution in [3.8, 4) is 34.5 Å². The zero-order valence-electron chi connectivity index (χ0n) is 40.8. The van der Waals surface area contributed by atoms with Crippen molar-refractivity contribution < 1.29 is 23.5 Å². The molecule has 4 fully saturated rings. The first-order valence-corrected chi connectivity index (χ1v) is 25.1. The number of amides is 3. The molecule has 0 bridgehead atoms. The third-order valence-electron chi connectivity index (χ3n) is 14.7. The summed E-state index contributed by atoms with van der Waals surface area (Å²) in [6.45, 7) is 9.90. The highest BCUT2D eigenvalue weighted by Crippen LogP contribution is 2.29. The molecule has 4 saturated heterocycles. The van der Waals surface area contributed by atoms with Gasteiger partial charge in [-0.15, -0.1) is 0 Å². The van der Waals surface area contributed by atoms with Crippen LogP contribution in [-0.4, -0.2) is 134 Å². The number of carbonyl (C=O) groups excluding carboxylic acids is 3. The standard InChI is InChI=1S/C54H57FN12O6/c1-35-43-27-48(45(55)26-44(43)54(72)67(60-35)47-9-10-49(68)59-53(47)71)64-22-20-63(21-23-64)31-36-12-16-62(17-13-36)33-51(70)65-18-14-37(15-19-65)34-73-42-29-57-52(58-30-42)41-7-3-5-39(25-41)32-66-50(69)11-8-46(61-66)40-6-2-4-38(24-40)28-56/h2-8,11,24-27,29-30,36-37,47H,9-10,12-23,31-34H2,1H3,(H,59,68,71). The second kappa shape index (κ2) is 21.6. The van der Waals surface area contributed by atoms with Gasteiger partial charge in [0, 0.05) is 74.8 Å². The summed E-state index contributed by atoms with van der Waals surface area (Å²) in [7, 11) is 0. The molecule has 376 valence electrons. The number of halogens is 1. The van der Waals surface area contributed by atoms with E-state index in [1.54, 1.807) is 49.6 Å². The molecule has 18 nitrogen and oxygen atoms in total. The van der Waals surface area contributed by atoms with Gasteiger partial charge >= 0.3 is 0 Å². The van der Waals surface area contributed by atoms with E-state index in [1.807, 2.05) is 40.1 Å². The molecule has 6 aromatic rings. The van der Waals surface area contributed by atoms with Crippen LogP contribution in [0.1, 0.15) is 61.4 Å². The fourth-order valence-corrected chi connectivity index (χ4v) is 10.5. The average Bonchev–Trinajstić information content (AvgIpc) is 3.41. The Morgan fingerprint density at radius 1 is 0.795 bits per heavy atom. The zero-order chi connectivity index (χ0) is 50.6. The van der Waals surface area contributed by atoms with Crippen LogP contribution in [0.15, 0.2) is 94.8 Å². The molecule has 0 radical (unpaired) electrons. The van der Waals surface area contributed by atoms with Crippen LogP contribution in [0.2, 0.25) is 0 Å². The number of aromatic nitrogens is 6. The summed E-state index contributed by atoms with van der Waals surface area (Å²) in [5.74, 6) is 0.650. The average molecular weight is 989 g/mol. The summed E-state index contributed by atoms with van der Waals surface area (Å²) in [6.07, 6.45) is 7.37. The largest absolute Gasteiger partial charge is 0.490 e. The van der Waals surface area contributed by atoms with Gasteiger partial charge in [-0.1, -0.05) is 30.3 Å². The highest BCUT2D eigenvalue weighted by atomic mass is 19.1. The Bertz CT molecular complexity index is 3200. The zero-order valence-corrected chi connectivity index (χ0v) is 40.8. The van der Waals surface area contributed by atoms with Crippen molar-refractivity contribution in [1.82, 2.24) is 49.5 Å². The Morgan fingerprint density at radius 2 is 1.53 bits per heavy atom. The fourth-order valence-electron chi connectivity index (χ4n) is 10.5. The lowest BCUT2D eigenvalue weighted by Crippen LogP contribution is -2.50.